The molecule has 0 amide bonds. The van der Waals surface area contributed by atoms with Gasteiger partial charge in [-0.2, -0.15) is 0 Å². The normalized spacial score (nSPS) is 9.79. The fourth-order valence-corrected chi connectivity index (χ4v) is 1.44. The van der Waals surface area contributed by atoms with Crippen molar-refractivity contribution in [3.05, 3.63) is 42.1 Å². The Bertz CT molecular complexity index is 415. The molecule has 0 aliphatic rings. The van der Waals surface area contributed by atoms with Gasteiger partial charge in [-0.1, -0.05) is 12.1 Å². The lowest BCUT2D eigenvalue weighted by Gasteiger charge is -2.01. The summed E-state index contributed by atoms with van der Waals surface area (Å²) in [6, 6.07) is 10.4. The standard InChI is InChI=1S/C11H12N2.ClH/c1-12-8-9-4-5-11-10(7-9)3-2-6-13-11;/h2-7,12H,8H2,1H3;1H. The molecule has 0 saturated heterocycles. The molecule has 0 radical (unpaired) electrons. The highest BCUT2D eigenvalue weighted by molar-refractivity contribution is 5.85. The van der Waals surface area contributed by atoms with E-state index < -0.39 is 0 Å². The summed E-state index contributed by atoms with van der Waals surface area (Å²) in [7, 11) is 1.95. The number of benzene rings is 1. The van der Waals surface area contributed by atoms with Crippen LogP contribution in [-0.2, 0) is 6.54 Å². The number of rotatable bonds is 2. The monoisotopic (exact) mass is 208 g/mol. The summed E-state index contributed by atoms with van der Waals surface area (Å²) in [6.45, 7) is 0.908. The smallest absolute Gasteiger partial charge is 0.0702 e. The van der Waals surface area contributed by atoms with Gasteiger partial charge in [0.25, 0.3) is 0 Å². The lowest BCUT2D eigenvalue weighted by atomic mass is 10.1. The van der Waals surface area contributed by atoms with Crippen LogP contribution < -0.4 is 5.32 Å². The third-order valence-electron chi connectivity index (χ3n) is 2.05. The van der Waals surface area contributed by atoms with Crippen molar-refractivity contribution < 1.29 is 0 Å². The average molecular weight is 209 g/mol. The summed E-state index contributed by atoms with van der Waals surface area (Å²) in [6.07, 6.45) is 1.82. The Morgan fingerprint density at radius 2 is 2.14 bits per heavy atom. The predicted molar refractivity (Wildman–Crippen MR) is 61.8 cm³/mol. The summed E-state index contributed by atoms with van der Waals surface area (Å²) in [5.74, 6) is 0. The molecule has 2 nitrogen and oxygen atoms in total. The molecule has 0 aliphatic heterocycles. The van der Waals surface area contributed by atoms with E-state index in [0.717, 1.165) is 12.1 Å². The van der Waals surface area contributed by atoms with Crippen LogP contribution in [0.3, 0.4) is 0 Å². The first-order valence-electron chi connectivity index (χ1n) is 4.38. The fraction of sp³-hybridized carbons (Fsp3) is 0.182. The molecule has 0 unspecified atom stereocenters. The van der Waals surface area contributed by atoms with Gasteiger partial charge < -0.3 is 5.32 Å². The largest absolute Gasteiger partial charge is 0.316 e. The Morgan fingerprint density at radius 3 is 2.93 bits per heavy atom. The van der Waals surface area contributed by atoms with E-state index >= 15 is 0 Å². The molecule has 0 fully saturated rings. The highest BCUT2D eigenvalue weighted by Crippen LogP contribution is 2.12. The summed E-state index contributed by atoms with van der Waals surface area (Å²) >= 11 is 0. The number of pyridine rings is 1. The van der Waals surface area contributed by atoms with Gasteiger partial charge in [0, 0.05) is 18.1 Å². The van der Waals surface area contributed by atoms with E-state index in [1.54, 1.807) is 0 Å². The summed E-state index contributed by atoms with van der Waals surface area (Å²) in [5, 5.41) is 4.33. The summed E-state index contributed by atoms with van der Waals surface area (Å²) < 4.78 is 0. The van der Waals surface area contributed by atoms with Crippen LogP contribution in [0.5, 0.6) is 0 Å². The first-order valence-corrected chi connectivity index (χ1v) is 4.38. The van der Waals surface area contributed by atoms with E-state index in [-0.39, 0.29) is 12.4 Å². The third kappa shape index (κ3) is 2.22. The van der Waals surface area contributed by atoms with Crippen molar-refractivity contribution in [2.24, 2.45) is 0 Å². The Morgan fingerprint density at radius 1 is 1.29 bits per heavy atom. The topological polar surface area (TPSA) is 24.9 Å². The van der Waals surface area contributed by atoms with E-state index in [2.05, 4.69) is 34.6 Å². The zero-order valence-electron chi connectivity index (χ0n) is 8.03. The second kappa shape index (κ2) is 4.94. The van der Waals surface area contributed by atoms with Crippen molar-refractivity contribution in [3.8, 4) is 0 Å². The van der Waals surface area contributed by atoms with Crippen LogP contribution in [0.15, 0.2) is 36.5 Å². The van der Waals surface area contributed by atoms with E-state index in [1.165, 1.54) is 10.9 Å². The van der Waals surface area contributed by atoms with E-state index in [0.29, 0.717) is 0 Å². The number of hydrogen-bond acceptors (Lipinski definition) is 2. The number of nitrogens with zero attached hydrogens (tertiary/aromatic N) is 1. The minimum absolute atomic E-state index is 0. The molecule has 3 heteroatoms. The molecule has 0 aliphatic carbocycles. The highest BCUT2D eigenvalue weighted by Gasteiger charge is 1.94. The van der Waals surface area contributed by atoms with Gasteiger partial charge >= 0.3 is 0 Å². The molecule has 1 heterocycles. The van der Waals surface area contributed by atoms with Gasteiger partial charge in [0.05, 0.1) is 5.52 Å². The van der Waals surface area contributed by atoms with Crippen molar-refractivity contribution >= 4 is 23.3 Å². The number of nitrogens with one attached hydrogen (secondary N) is 1. The molecular formula is C11H13ClN2. The molecule has 1 N–H and O–H groups in total. The molecule has 14 heavy (non-hydrogen) atoms. The van der Waals surface area contributed by atoms with Crippen LogP contribution in [0.25, 0.3) is 10.9 Å². The van der Waals surface area contributed by atoms with Crippen LogP contribution in [-0.4, -0.2) is 12.0 Å². The maximum absolute atomic E-state index is 4.26. The van der Waals surface area contributed by atoms with Gasteiger partial charge in [0.2, 0.25) is 0 Å². The first kappa shape index (κ1) is 11.0. The summed E-state index contributed by atoms with van der Waals surface area (Å²) in [5.41, 5.74) is 2.35. The average Bonchev–Trinajstić information content (AvgIpc) is 2.18. The van der Waals surface area contributed by atoms with E-state index in [9.17, 15) is 0 Å². The predicted octanol–water partition coefficient (Wildman–Crippen LogP) is 2.38. The van der Waals surface area contributed by atoms with Crippen LogP contribution in [0.1, 0.15) is 5.56 Å². The maximum atomic E-state index is 4.26. The van der Waals surface area contributed by atoms with Gasteiger partial charge in [-0.3, -0.25) is 4.98 Å². The van der Waals surface area contributed by atoms with Gasteiger partial charge in [0.15, 0.2) is 0 Å². The van der Waals surface area contributed by atoms with E-state index in [1.807, 2.05) is 19.3 Å². The lowest BCUT2D eigenvalue weighted by Crippen LogP contribution is -2.04. The SMILES string of the molecule is CNCc1ccc2ncccc2c1.Cl. The van der Waals surface area contributed by atoms with Gasteiger partial charge in [0.1, 0.15) is 0 Å². The lowest BCUT2D eigenvalue weighted by molar-refractivity contribution is 0.819. The Kier molecular flexibility index (Phi) is 3.86. The van der Waals surface area contributed by atoms with Crippen molar-refractivity contribution in [2.75, 3.05) is 7.05 Å². The second-order valence-electron chi connectivity index (χ2n) is 3.06. The number of hydrogen-bond donors (Lipinski definition) is 1. The molecule has 1 aromatic heterocycles. The van der Waals surface area contributed by atoms with Crippen LogP contribution in [0, 0.1) is 0 Å². The number of fused-ring (bicyclic) bond motifs is 1. The Hall–Kier alpha value is -1.12. The van der Waals surface area contributed by atoms with E-state index in [4.69, 9.17) is 0 Å². The van der Waals surface area contributed by atoms with Gasteiger partial charge in [-0.15, -0.1) is 12.4 Å². The molecule has 0 atom stereocenters. The zero-order chi connectivity index (χ0) is 9.10. The minimum atomic E-state index is 0. The molecule has 74 valence electrons. The Labute approximate surface area is 89.8 Å². The van der Waals surface area contributed by atoms with Gasteiger partial charge in [-0.05, 0) is 30.8 Å². The molecular weight excluding hydrogens is 196 g/mol. The maximum Gasteiger partial charge on any atom is 0.0702 e. The van der Waals surface area contributed by atoms with Gasteiger partial charge in [-0.25, -0.2) is 0 Å². The molecule has 0 spiro atoms. The van der Waals surface area contributed by atoms with Crippen LogP contribution >= 0.6 is 12.4 Å². The second-order valence-corrected chi connectivity index (χ2v) is 3.06. The first-order chi connectivity index (χ1) is 6.40. The van der Waals surface area contributed by atoms with Crippen LogP contribution in [0.2, 0.25) is 0 Å². The zero-order valence-corrected chi connectivity index (χ0v) is 8.84. The molecule has 2 aromatic rings. The van der Waals surface area contributed by atoms with Crippen molar-refractivity contribution in [2.45, 2.75) is 6.54 Å². The molecule has 0 bridgehead atoms. The van der Waals surface area contributed by atoms with Crippen molar-refractivity contribution in [3.63, 3.8) is 0 Å². The van der Waals surface area contributed by atoms with Crippen LogP contribution in [0.4, 0.5) is 0 Å². The molecule has 1 aromatic carbocycles. The van der Waals surface area contributed by atoms with Crippen molar-refractivity contribution in [1.82, 2.24) is 10.3 Å². The number of aromatic nitrogens is 1. The quantitative estimate of drug-likeness (QED) is 0.820. The molecule has 0 saturated carbocycles. The minimum Gasteiger partial charge on any atom is -0.316 e. The summed E-state index contributed by atoms with van der Waals surface area (Å²) in [4.78, 5) is 4.26. The third-order valence-corrected chi connectivity index (χ3v) is 2.05. The number of halogens is 1. The fourth-order valence-electron chi connectivity index (χ4n) is 1.44. The Balaban J connectivity index is 0.000000980. The molecule has 2 rings (SSSR count). The highest BCUT2D eigenvalue weighted by atomic mass is 35.5. The van der Waals surface area contributed by atoms with Crippen molar-refractivity contribution in [1.29, 1.82) is 0 Å².